The molecule has 86 valence electrons. The first-order valence-corrected chi connectivity index (χ1v) is 5.51. The van der Waals surface area contributed by atoms with E-state index in [0.29, 0.717) is 5.92 Å². The van der Waals surface area contributed by atoms with Gasteiger partial charge < -0.3 is 4.90 Å². The van der Waals surface area contributed by atoms with Gasteiger partial charge in [-0.1, -0.05) is 20.8 Å². The van der Waals surface area contributed by atoms with Crippen LogP contribution in [0.15, 0.2) is 0 Å². The molecular weight excluding hydrogens is 190 g/mol. The number of Topliss-reactive ketones (excluding diaryl/α,β-unsaturated/α-hetero) is 1. The molecule has 0 bridgehead atoms. The average Bonchev–Trinajstić information content (AvgIpc) is 2.45. The summed E-state index contributed by atoms with van der Waals surface area (Å²) >= 11 is 0. The zero-order chi connectivity index (χ0) is 11.8. The van der Waals surface area contributed by atoms with E-state index in [1.54, 1.807) is 18.7 Å². The van der Waals surface area contributed by atoms with Crippen molar-refractivity contribution in [1.29, 1.82) is 0 Å². The fourth-order valence-electron chi connectivity index (χ4n) is 2.20. The number of ketones is 1. The molecule has 15 heavy (non-hydrogen) atoms. The summed E-state index contributed by atoms with van der Waals surface area (Å²) in [6.07, 6.45) is 0.818. The largest absolute Gasteiger partial charge is 0.333 e. The highest BCUT2D eigenvalue weighted by Crippen LogP contribution is 2.36. The molecule has 1 aliphatic heterocycles. The van der Waals surface area contributed by atoms with Gasteiger partial charge in [0.25, 0.3) is 0 Å². The average molecular weight is 211 g/mol. The highest BCUT2D eigenvalue weighted by atomic mass is 16.2. The SMILES string of the molecule is CC(=O)C1C[C@@H](C(C)(C)C)CN1C(C)=O. The first-order valence-electron chi connectivity index (χ1n) is 5.51. The van der Waals surface area contributed by atoms with Gasteiger partial charge in [-0.2, -0.15) is 0 Å². The lowest BCUT2D eigenvalue weighted by Gasteiger charge is -2.26. The molecule has 1 aliphatic rings. The molecule has 0 radical (unpaired) electrons. The molecule has 1 rings (SSSR count). The van der Waals surface area contributed by atoms with Gasteiger partial charge in [-0.15, -0.1) is 0 Å². The molecule has 1 amide bonds. The van der Waals surface area contributed by atoms with Crippen molar-refractivity contribution in [3.05, 3.63) is 0 Å². The Morgan fingerprint density at radius 1 is 1.20 bits per heavy atom. The van der Waals surface area contributed by atoms with Crippen LogP contribution in [0.5, 0.6) is 0 Å². The van der Waals surface area contributed by atoms with E-state index in [2.05, 4.69) is 20.8 Å². The summed E-state index contributed by atoms with van der Waals surface area (Å²) in [6, 6.07) is -0.188. The molecule has 1 fully saturated rings. The molecule has 0 aliphatic carbocycles. The van der Waals surface area contributed by atoms with Crippen LogP contribution in [0, 0.1) is 11.3 Å². The van der Waals surface area contributed by atoms with Crippen LogP contribution in [-0.4, -0.2) is 29.2 Å². The maximum atomic E-state index is 11.4. The first kappa shape index (κ1) is 12.2. The van der Waals surface area contributed by atoms with Crippen molar-refractivity contribution in [1.82, 2.24) is 4.90 Å². The molecule has 0 aromatic carbocycles. The number of amides is 1. The van der Waals surface area contributed by atoms with Gasteiger partial charge in [0.1, 0.15) is 0 Å². The summed E-state index contributed by atoms with van der Waals surface area (Å²) in [5.41, 5.74) is 0.165. The Labute approximate surface area is 91.8 Å². The second-order valence-electron chi connectivity index (χ2n) is 5.60. The fourth-order valence-corrected chi connectivity index (χ4v) is 2.20. The van der Waals surface area contributed by atoms with Crippen molar-refractivity contribution in [3.63, 3.8) is 0 Å². The highest BCUT2D eigenvalue weighted by Gasteiger charge is 2.41. The van der Waals surface area contributed by atoms with Crippen LogP contribution in [0.2, 0.25) is 0 Å². The molecular formula is C12H21NO2. The Balaban J connectivity index is 2.83. The molecule has 2 atom stereocenters. The van der Waals surface area contributed by atoms with Crippen LogP contribution in [-0.2, 0) is 9.59 Å². The lowest BCUT2D eigenvalue weighted by molar-refractivity contribution is -0.135. The zero-order valence-electron chi connectivity index (χ0n) is 10.3. The van der Waals surface area contributed by atoms with Gasteiger partial charge in [0.05, 0.1) is 6.04 Å². The number of hydrogen-bond donors (Lipinski definition) is 0. The second kappa shape index (κ2) is 3.95. The zero-order valence-corrected chi connectivity index (χ0v) is 10.3. The highest BCUT2D eigenvalue weighted by molar-refractivity contribution is 5.87. The quantitative estimate of drug-likeness (QED) is 0.664. The molecule has 0 aromatic rings. The topological polar surface area (TPSA) is 37.4 Å². The van der Waals surface area contributed by atoms with Crippen LogP contribution in [0.25, 0.3) is 0 Å². The maximum Gasteiger partial charge on any atom is 0.220 e. The summed E-state index contributed by atoms with van der Waals surface area (Å²) in [5.74, 6) is 0.550. The van der Waals surface area contributed by atoms with E-state index >= 15 is 0 Å². The minimum absolute atomic E-state index is 0.0157. The number of nitrogens with zero attached hydrogens (tertiary/aromatic N) is 1. The van der Waals surface area contributed by atoms with E-state index in [1.165, 1.54) is 0 Å². The van der Waals surface area contributed by atoms with E-state index in [-0.39, 0.29) is 23.1 Å². The molecule has 3 nitrogen and oxygen atoms in total. The Hall–Kier alpha value is -0.860. The Bertz CT molecular complexity index is 256. The molecule has 3 heteroatoms. The van der Waals surface area contributed by atoms with Gasteiger partial charge in [0, 0.05) is 13.5 Å². The normalized spacial score (nSPS) is 26.9. The van der Waals surface area contributed by atoms with E-state index in [1.807, 2.05) is 0 Å². The van der Waals surface area contributed by atoms with Gasteiger partial charge in [-0.05, 0) is 24.7 Å². The van der Waals surface area contributed by atoms with Gasteiger partial charge in [0.15, 0.2) is 5.78 Å². The monoisotopic (exact) mass is 211 g/mol. The molecule has 0 saturated carbocycles. The van der Waals surface area contributed by atoms with Crippen molar-refractivity contribution in [2.75, 3.05) is 6.54 Å². The summed E-state index contributed by atoms with van der Waals surface area (Å²) < 4.78 is 0. The molecule has 1 heterocycles. The van der Waals surface area contributed by atoms with Gasteiger partial charge >= 0.3 is 0 Å². The predicted molar refractivity (Wildman–Crippen MR) is 59.4 cm³/mol. The second-order valence-corrected chi connectivity index (χ2v) is 5.60. The summed E-state index contributed by atoms with van der Waals surface area (Å²) in [7, 11) is 0. The van der Waals surface area contributed by atoms with Gasteiger partial charge in [-0.25, -0.2) is 0 Å². The van der Waals surface area contributed by atoms with Crippen LogP contribution < -0.4 is 0 Å². The number of rotatable bonds is 1. The predicted octanol–water partition coefficient (Wildman–Crippen LogP) is 1.86. The lowest BCUT2D eigenvalue weighted by atomic mass is 9.79. The van der Waals surface area contributed by atoms with E-state index in [0.717, 1.165) is 13.0 Å². The first-order chi connectivity index (χ1) is 6.73. The minimum atomic E-state index is -0.188. The molecule has 1 saturated heterocycles. The van der Waals surface area contributed by atoms with Gasteiger partial charge in [-0.3, -0.25) is 9.59 Å². The third-order valence-corrected chi connectivity index (χ3v) is 3.40. The number of hydrogen-bond acceptors (Lipinski definition) is 2. The Morgan fingerprint density at radius 2 is 1.73 bits per heavy atom. The summed E-state index contributed by atoms with van der Waals surface area (Å²) in [6.45, 7) is 10.3. The van der Waals surface area contributed by atoms with Crippen molar-refractivity contribution < 1.29 is 9.59 Å². The van der Waals surface area contributed by atoms with Crippen LogP contribution in [0.3, 0.4) is 0 Å². The molecule has 0 N–H and O–H groups in total. The summed E-state index contributed by atoms with van der Waals surface area (Å²) in [5, 5.41) is 0. The van der Waals surface area contributed by atoms with Gasteiger partial charge in [0.2, 0.25) is 5.91 Å². The fraction of sp³-hybridized carbons (Fsp3) is 0.833. The number of carbonyl (C=O) groups excluding carboxylic acids is 2. The van der Waals surface area contributed by atoms with Crippen molar-refractivity contribution in [3.8, 4) is 0 Å². The number of carbonyl (C=O) groups is 2. The standard InChI is InChI=1S/C12H21NO2/c1-8(14)11-6-10(12(3,4)5)7-13(11)9(2)15/h10-11H,6-7H2,1-5H3/t10-,11?/m1/s1. The van der Waals surface area contributed by atoms with E-state index in [4.69, 9.17) is 0 Å². The minimum Gasteiger partial charge on any atom is -0.333 e. The lowest BCUT2D eigenvalue weighted by Crippen LogP contribution is -2.38. The molecule has 0 spiro atoms. The van der Waals surface area contributed by atoms with Crippen LogP contribution >= 0.6 is 0 Å². The smallest absolute Gasteiger partial charge is 0.220 e. The van der Waals surface area contributed by atoms with E-state index in [9.17, 15) is 9.59 Å². The molecule has 0 aromatic heterocycles. The number of likely N-dealkylation sites (tertiary alicyclic amines) is 1. The third-order valence-electron chi connectivity index (χ3n) is 3.40. The van der Waals surface area contributed by atoms with Crippen molar-refractivity contribution in [2.24, 2.45) is 11.3 Å². The maximum absolute atomic E-state index is 11.4. The van der Waals surface area contributed by atoms with Crippen LogP contribution in [0.4, 0.5) is 0 Å². The van der Waals surface area contributed by atoms with Crippen LogP contribution in [0.1, 0.15) is 41.0 Å². The van der Waals surface area contributed by atoms with Crippen molar-refractivity contribution in [2.45, 2.75) is 47.1 Å². The Kier molecular flexibility index (Phi) is 3.22. The van der Waals surface area contributed by atoms with E-state index < -0.39 is 0 Å². The third kappa shape index (κ3) is 2.58. The van der Waals surface area contributed by atoms with Crippen molar-refractivity contribution >= 4 is 11.7 Å². The molecule has 1 unspecified atom stereocenters. The summed E-state index contributed by atoms with van der Waals surface area (Å²) in [4.78, 5) is 24.6. The Morgan fingerprint density at radius 3 is 2.00 bits per heavy atom.